The molecule has 0 radical (unpaired) electrons. The number of carboxylic acid groups (broad SMARTS) is 1. The SMILES string of the molecule is CCNC(=O)Nc1cccc(-c2ccc(C[C@H](NS(=O)(=O)c3c(C)cc(C)cc3C)C(=O)O)cc2)c1. The molecule has 4 N–H and O–H groups in total. The molecule has 0 fully saturated rings. The van der Waals surface area contributed by atoms with Crippen LogP contribution in [0.3, 0.4) is 0 Å². The Hall–Kier alpha value is -3.69. The molecule has 0 aliphatic rings. The predicted molar refractivity (Wildman–Crippen MR) is 141 cm³/mol. The van der Waals surface area contributed by atoms with Crippen molar-refractivity contribution in [2.45, 2.75) is 45.1 Å². The number of hydrogen-bond donors (Lipinski definition) is 4. The zero-order chi connectivity index (χ0) is 26.5. The van der Waals surface area contributed by atoms with Gasteiger partial charge in [-0.2, -0.15) is 4.72 Å². The van der Waals surface area contributed by atoms with E-state index in [-0.39, 0.29) is 17.3 Å². The van der Waals surface area contributed by atoms with E-state index in [1.807, 2.05) is 44.2 Å². The molecule has 36 heavy (non-hydrogen) atoms. The maximum atomic E-state index is 13.1. The smallest absolute Gasteiger partial charge is 0.322 e. The van der Waals surface area contributed by atoms with Crippen molar-refractivity contribution in [2.75, 3.05) is 11.9 Å². The standard InChI is InChI=1S/C27H31N3O5S/c1-5-28-27(33)29-23-8-6-7-22(16-23)21-11-9-20(10-12-21)15-24(26(31)32)30-36(34,35)25-18(3)13-17(2)14-19(25)4/h6-14,16,24,30H,5,15H2,1-4H3,(H,31,32)(H2,28,29,33)/t24-/m0/s1. The Labute approximate surface area is 211 Å². The molecule has 190 valence electrons. The number of carbonyl (C=O) groups excluding carboxylic acids is 1. The number of aliphatic carboxylic acids is 1. The molecule has 0 aliphatic carbocycles. The first-order chi connectivity index (χ1) is 17.0. The van der Waals surface area contributed by atoms with Gasteiger partial charge in [-0.25, -0.2) is 13.2 Å². The average molecular weight is 510 g/mol. The summed E-state index contributed by atoms with van der Waals surface area (Å²) in [7, 11) is -4.04. The topological polar surface area (TPSA) is 125 Å². The maximum absolute atomic E-state index is 13.1. The lowest BCUT2D eigenvalue weighted by Gasteiger charge is -2.18. The summed E-state index contributed by atoms with van der Waals surface area (Å²) in [6.45, 7) is 7.63. The van der Waals surface area contributed by atoms with E-state index < -0.39 is 22.0 Å². The molecule has 0 unspecified atom stereocenters. The molecule has 3 rings (SSSR count). The van der Waals surface area contributed by atoms with Gasteiger partial charge in [-0.05, 0) is 74.1 Å². The molecule has 0 aromatic heterocycles. The van der Waals surface area contributed by atoms with Crippen LogP contribution < -0.4 is 15.4 Å². The Morgan fingerprint density at radius 2 is 1.56 bits per heavy atom. The van der Waals surface area contributed by atoms with E-state index in [0.29, 0.717) is 28.9 Å². The highest BCUT2D eigenvalue weighted by Gasteiger charge is 2.28. The number of aryl methyl sites for hydroxylation is 3. The minimum absolute atomic E-state index is 0.0163. The van der Waals surface area contributed by atoms with E-state index >= 15 is 0 Å². The van der Waals surface area contributed by atoms with Crippen molar-refractivity contribution in [2.24, 2.45) is 0 Å². The van der Waals surface area contributed by atoms with Crippen molar-refractivity contribution >= 4 is 27.7 Å². The molecule has 0 heterocycles. The van der Waals surface area contributed by atoms with Gasteiger partial charge in [-0.3, -0.25) is 4.79 Å². The van der Waals surface area contributed by atoms with E-state index in [1.165, 1.54) is 0 Å². The number of rotatable bonds is 9. The number of amides is 2. The lowest BCUT2D eigenvalue weighted by Crippen LogP contribution is -2.42. The quantitative estimate of drug-likeness (QED) is 0.340. The predicted octanol–water partition coefficient (Wildman–Crippen LogP) is 4.39. The lowest BCUT2D eigenvalue weighted by molar-refractivity contribution is -0.138. The molecule has 3 aromatic rings. The number of anilines is 1. The fourth-order valence-corrected chi connectivity index (χ4v) is 5.84. The first-order valence-corrected chi connectivity index (χ1v) is 13.1. The molecule has 1 atom stereocenters. The normalized spacial score (nSPS) is 12.1. The van der Waals surface area contributed by atoms with Crippen LogP contribution in [0.25, 0.3) is 11.1 Å². The second-order valence-corrected chi connectivity index (χ2v) is 10.4. The minimum atomic E-state index is -4.04. The Kier molecular flexibility index (Phi) is 8.49. The van der Waals surface area contributed by atoms with E-state index in [0.717, 1.165) is 16.7 Å². The average Bonchev–Trinajstić information content (AvgIpc) is 2.78. The molecule has 0 saturated carbocycles. The van der Waals surface area contributed by atoms with Crippen molar-refractivity contribution in [1.29, 1.82) is 0 Å². The second kappa shape index (κ2) is 11.4. The molecule has 2 amide bonds. The van der Waals surface area contributed by atoms with Gasteiger partial charge in [0.1, 0.15) is 6.04 Å². The summed E-state index contributed by atoms with van der Waals surface area (Å²) >= 11 is 0. The zero-order valence-electron chi connectivity index (χ0n) is 20.8. The third kappa shape index (κ3) is 6.71. The van der Waals surface area contributed by atoms with Crippen molar-refractivity contribution in [3.63, 3.8) is 0 Å². The largest absolute Gasteiger partial charge is 0.480 e. The third-order valence-electron chi connectivity index (χ3n) is 5.65. The number of carboxylic acids is 1. The van der Waals surface area contributed by atoms with Gasteiger partial charge in [0.2, 0.25) is 10.0 Å². The molecular formula is C27H31N3O5S. The van der Waals surface area contributed by atoms with E-state index in [9.17, 15) is 23.1 Å². The highest BCUT2D eigenvalue weighted by molar-refractivity contribution is 7.89. The van der Waals surface area contributed by atoms with E-state index in [1.54, 1.807) is 44.2 Å². The third-order valence-corrected chi connectivity index (χ3v) is 7.43. The molecule has 3 aromatic carbocycles. The fourth-order valence-electron chi connectivity index (χ4n) is 4.20. The molecule has 9 heteroatoms. The monoisotopic (exact) mass is 509 g/mol. The van der Waals surface area contributed by atoms with Gasteiger partial charge in [0.15, 0.2) is 0 Å². The summed E-state index contributed by atoms with van der Waals surface area (Å²) in [5, 5.41) is 15.2. The van der Waals surface area contributed by atoms with Crippen molar-refractivity contribution < 1.29 is 23.1 Å². The molecular weight excluding hydrogens is 478 g/mol. The van der Waals surface area contributed by atoms with Crippen LogP contribution in [0, 0.1) is 20.8 Å². The van der Waals surface area contributed by atoms with Gasteiger partial charge in [-0.15, -0.1) is 0 Å². The highest BCUT2D eigenvalue weighted by Crippen LogP contribution is 2.25. The van der Waals surface area contributed by atoms with Crippen molar-refractivity contribution in [3.8, 4) is 11.1 Å². The van der Waals surface area contributed by atoms with Crippen LogP contribution in [0.4, 0.5) is 10.5 Å². The number of hydrogen-bond acceptors (Lipinski definition) is 4. The van der Waals surface area contributed by atoms with Crippen LogP contribution in [-0.4, -0.2) is 38.1 Å². The molecule has 8 nitrogen and oxygen atoms in total. The summed E-state index contributed by atoms with van der Waals surface area (Å²) in [6.07, 6.45) is -0.0163. The molecule has 0 spiro atoms. The first kappa shape index (κ1) is 26.9. The minimum Gasteiger partial charge on any atom is -0.480 e. The number of carbonyl (C=O) groups is 2. The summed E-state index contributed by atoms with van der Waals surface area (Å²) in [4.78, 5) is 23.8. The molecule has 0 aliphatic heterocycles. The van der Waals surface area contributed by atoms with Crippen LogP contribution in [0.1, 0.15) is 29.2 Å². The number of urea groups is 1. The number of nitrogens with one attached hydrogen (secondary N) is 3. The molecule has 0 bridgehead atoms. The summed E-state index contributed by atoms with van der Waals surface area (Å²) in [5.41, 5.74) is 5.12. The summed E-state index contributed by atoms with van der Waals surface area (Å²) in [6, 6.07) is 16.5. The van der Waals surface area contributed by atoms with Gasteiger partial charge in [-0.1, -0.05) is 54.1 Å². The summed E-state index contributed by atoms with van der Waals surface area (Å²) < 4.78 is 28.5. The van der Waals surface area contributed by atoms with Crippen LogP contribution in [-0.2, 0) is 21.2 Å². The Morgan fingerprint density at radius 3 is 2.14 bits per heavy atom. The number of sulfonamides is 1. The Balaban J connectivity index is 1.77. The van der Waals surface area contributed by atoms with Gasteiger partial charge in [0, 0.05) is 12.2 Å². The molecule has 0 saturated heterocycles. The van der Waals surface area contributed by atoms with E-state index in [4.69, 9.17) is 0 Å². The second-order valence-electron chi connectivity index (χ2n) is 8.71. The van der Waals surface area contributed by atoms with E-state index in [2.05, 4.69) is 15.4 Å². The Morgan fingerprint density at radius 1 is 0.917 bits per heavy atom. The van der Waals surface area contributed by atoms with Gasteiger partial charge < -0.3 is 15.7 Å². The maximum Gasteiger partial charge on any atom is 0.322 e. The van der Waals surface area contributed by atoms with Crippen LogP contribution in [0.5, 0.6) is 0 Å². The first-order valence-electron chi connectivity index (χ1n) is 11.6. The fraction of sp³-hybridized carbons (Fsp3) is 0.259. The van der Waals surface area contributed by atoms with Gasteiger partial charge in [0.05, 0.1) is 4.90 Å². The number of benzene rings is 3. The zero-order valence-corrected chi connectivity index (χ0v) is 21.6. The van der Waals surface area contributed by atoms with Gasteiger partial charge >= 0.3 is 12.0 Å². The van der Waals surface area contributed by atoms with Crippen molar-refractivity contribution in [1.82, 2.24) is 10.0 Å². The van der Waals surface area contributed by atoms with Crippen LogP contribution in [0.15, 0.2) is 65.6 Å². The van der Waals surface area contributed by atoms with Gasteiger partial charge in [0.25, 0.3) is 0 Å². The summed E-state index contributed by atoms with van der Waals surface area (Å²) in [5.74, 6) is -1.26. The van der Waals surface area contributed by atoms with Crippen LogP contribution in [0.2, 0.25) is 0 Å². The lowest BCUT2D eigenvalue weighted by atomic mass is 10.0. The van der Waals surface area contributed by atoms with Crippen molar-refractivity contribution in [3.05, 3.63) is 82.9 Å². The highest BCUT2D eigenvalue weighted by atomic mass is 32.2. The Bertz CT molecular complexity index is 1350. The van der Waals surface area contributed by atoms with Crippen LogP contribution >= 0.6 is 0 Å².